The molecule has 130 valence electrons. The number of rotatable bonds is 4. The number of fused-ring (bicyclic) bond motifs is 1. The van der Waals surface area contributed by atoms with Gasteiger partial charge in [0.2, 0.25) is 0 Å². The van der Waals surface area contributed by atoms with Gasteiger partial charge in [0.05, 0.1) is 23.4 Å². The fourth-order valence-corrected chi connectivity index (χ4v) is 3.86. The zero-order chi connectivity index (χ0) is 18.1. The highest BCUT2D eigenvalue weighted by atomic mass is 32.1. The Labute approximate surface area is 153 Å². The number of esters is 1. The van der Waals surface area contributed by atoms with E-state index in [4.69, 9.17) is 10.5 Å². The third kappa shape index (κ3) is 2.82. The molecular weight excluding hydrogens is 348 g/mol. The fraction of sp³-hybridized carbons (Fsp3) is 0.105. The summed E-state index contributed by atoms with van der Waals surface area (Å²) in [5, 5.41) is 4.25. The van der Waals surface area contributed by atoms with Crippen LogP contribution in [0.2, 0.25) is 0 Å². The highest BCUT2D eigenvalue weighted by Crippen LogP contribution is 2.35. The van der Waals surface area contributed by atoms with Crippen molar-refractivity contribution in [3.05, 3.63) is 60.6 Å². The second-order valence-electron chi connectivity index (χ2n) is 5.64. The Morgan fingerprint density at radius 1 is 1.19 bits per heavy atom. The summed E-state index contributed by atoms with van der Waals surface area (Å²) < 4.78 is 6.85. The van der Waals surface area contributed by atoms with Crippen LogP contribution in [0.15, 0.2) is 54.9 Å². The molecule has 0 aliphatic rings. The lowest BCUT2D eigenvalue weighted by Crippen LogP contribution is -2.09. The van der Waals surface area contributed by atoms with Gasteiger partial charge < -0.3 is 10.5 Å². The van der Waals surface area contributed by atoms with E-state index in [1.165, 1.54) is 11.3 Å². The van der Waals surface area contributed by atoms with Crippen molar-refractivity contribution in [3.63, 3.8) is 0 Å². The van der Waals surface area contributed by atoms with Gasteiger partial charge in [0.25, 0.3) is 0 Å². The molecule has 0 radical (unpaired) electrons. The van der Waals surface area contributed by atoms with E-state index in [9.17, 15) is 4.79 Å². The van der Waals surface area contributed by atoms with Gasteiger partial charge in [0.15, 0.2) is 5.69 Å². The minimum Gasteiger partial charge on any atom is -0.461 e. The Bertz CT molecular complexity index is 1100. The number of hydrogen-bond donors (Lipinski definition) is 1. The number of carbonyl (C=O) groups excluding carboxylic acids is 1. The smallest absolute Gasteiger partial charge is 0.358 e. The number of nitrogen functional groups attached to an aromatic ring is 1. The summed E-state index contributed by atoms with van der Waals surface area (Å²) in [6.45, 7) is 2.09. The summed E-state index contributed by atoms with van der Waals surface area (Å²) in [6.07, 6.45) is 3.40. The number of aromatic nitrogens is 3. The number of nitrogens with zero attached hydrogens (tertiary/aromatic N) is 3. The molecule has 0 atom stereocenters. The largest absolute Gasteiger partial charge is 0.461 e. The number of carbonyl (C=O) groups is 1. The molecule has 3 heterocycles. The number of hydrogen-bond acceptors (Lipinski definition) is 6. The molecule has 0 spiro atoms. The van der Waals surface area contributed by atoms with Gasteiger partial charge in [-0.1, -0.05) is 12.1 Å². The Balaban J connectivity index is 1.86. The Morgan fingerprint density at radius 3 is 2.88 bits per heavy atom. The predicted octanol–water partition coefficient (Wildman–Crippen LogP) is 3.88. The zero-order valence-electron chi connectivity index (χ0n) is 14.0. The van der Waals surface area contributed by atoms with Gasteiger partial charge in [-0.05, 0) is 42.8 Å². The van der Waals surface area contributed by atoms with Crippen LogP contribution in [-0.2, 0) is 4.74 Å². The van der Waals surface area contributed by atoms with Crippen molar-refractivity contribution >= 4 is 27.8 Å². The van der Waals surface area contributed by atoms with Gasteiger partial charge >= 0.3 is 5.97 Å². The Hall–Kier alpha value is -3.19. The molecule has 3 aromatic heterocycles. The lowest BCUT2D eigenvalue weighted by molar-refractivity contribution is 0.0518. The van der Waals surface area contributed by atoms with E-state index in [0.29, 0.717) is 18.0 Å². The third-order valence-electron chi connectivity index (χ3n) is 3.91. The first kappa shape index (κ1) is 16.3. The van der Waals surface area contributed by atoms with Crippen molar-refractivity contribution in [2.75, 3.05) is 12.3 Å². The van der Waals surface area contributed by atoms with E-state index in [-0.39, 0.29) is 5.97 Å². The topological polar surface area (TPSA) is 82.5 Å². The molecule has 4 rings (SSSR count). The number of thiazole rings is 1. The molecule has 0 saturated carbocycles. The fourth-order valence-electron chi connectivity index (χ4n) is 2.79. The second kappa shape index (κ2) is 6.61. The van der Waals surface area contributed by atoms with Crippen molar-refractivity contribution in [1.82, 2.24) is 14.6 Å². The molecule has 0 saturated heterocycles. The molecule has 6 nitrogen and oxygen atoms in total. The SMILES string of the molecule is CCOC(=O)c1c(-c2ccnc(-c3cccc(N)c3)c2)sc2ccnn12. The first-order valence-electron chi connectivity index (χ1n) is 8.13. The molecule has 0 unspecified atom stereocenters. The molecule has 0 aliphatic heterocycles. The highest BCUT2D eigenvalue weighted by molar-refractivity contribution is 7.21. The van der Waals surface area contributed by atoms with Crippen LogP contribution in [0.5, 0.6) is 0 Å². The Kier molecular flexibility index (Phi) is 4.14. The monoisotopic (exact) mass is 364 g/mol. The van der Waals surface area contributed by atoms with E-state index in [1.54, 1.807) is 23.8 Å². The maximum absolute atomic E-state index is 12.5. The molecule has 7 heteroatoms. The van der Waals surface area contributed by atoms with Crippen LogP contribution >= 0.6 is 11.3 Å². The van der Waals surface area contributed by atoms with Crippen LogP contribution in [0.1, 0.15) is 17.4 Å². The van der Waals surface area contributed by atoms with E-state index in [1.807, 2.05) is 42.5 Å². The van der Waals surface area contributed by atoms with Crippen molar-refractivity contribution in [3.8, 4) is 21.7 Å². The maximum Gasteiger partial charge on any atom is 0.358 e. The van der Waals surface area contributed by atoms with E-state index in [0.717, 1.165) is 26.5 Å². The number of anilines is 1. The van der Waals surface area contributed by atoms with Gasteiger partial charge in [-0.2, -0.15) is 5.10 Å². The molecule has 2 N–H and O–H groups in total. The summed E-state index contributed by atoms with van der Waals surface area (Å²) >= 11 is 1.49. The van der Waals surface area contributed by atoms with Crippen LogP contribution < -0.4 is 5.73 Å². The summed E-state index contributed by atoms with van der Waals surface area (Å²) in [4.78, 5) is 18.6. The summed E-state index contributed by atoms with van der Waals surface area (Å²) in [7, 11) is 0. The van der Waals surface area contributed by atoms with Crippen molar-refractivity contribution in [1.29, 1.82) is 0 Å². The number of ether oxygens (including phenoxy) is 1. The van der Waals surface area contributed by atoms with Gasteiger partial charge in [0, 0.05) is 17.4 Å². The average molecular weight is 364 g/mol. The number of nitrogens with two attached hydrogens (primary N) is 1. The van der Waals surface area contributed by atoms with Crippen LogP contribution in [0.3, 0.4) is 0 Å². The highest BCUT2D eigenvalue weighted by Gasteiger charge is 2.22. The van der Waals surface area contributed by atoms with Crippen molar-refractivity contribution < 1.29 is 9.53 Å². The average Bonchev–Trinajstić information content (AvgIpc) is 3.23. The van der Waals surface area contributed by atoms with Crippen molar-refractivity contribution in [2.24, 2.45) is 0 Å². The first-order chi connectivity index (χ1) is 12.7. The van der Waals surface area contributed by atoms with Crippen LogP contribution in [-0.4, -0.2) is 27.2 Å². The number of benzene rings is 1. The molecule has 4 aromatic rings. The molecule has 1 aromatic carbocycles. The Morgan fingerprint density at radius 2 is 2.08 bits per heavy atom. The minimum absolute atomic E-state index is 0.307. The van der Waals surface area contributed by atoms with Gasteiger partial charge in [-0.25, -0.2) is 9.31 Å². The van der Waals surface area contributed by atoms with Crippen LogP contribution in [0, 0.1) is 0 Å². The standard InChI is InChI=1S/C19H16N4O2S/c1-2-25-19(24)17-18(26-16-7-9-22-23(16)17)13-6-8-21-15(11-13)12-4-3-5-14(20)10-12/h3-11H,2,20H2,1H3. The maximum atomic E-state index is 12.5. The summed E-state index contributed by atoms with van der Waals surface area (Å²) in [6, 6.07) is 13.3. The molecule has 0 bridgehead atoms. The summed E-state index contributed by atoms with van der Waals surface area (Å²) in [5.74, 6) is -0.389. The summed E-state index contributed by atoms with van der Waals surface area (Å²) in [5.41, 5.74) is 9.59. The van der Waals surface area contributed by atoms with Crippen molar-refractivity contribution in [2.45, 2.75) is 6.92 Å². The van der Waals surface area contributed by atoms with Crippen LogP contribution in [0.25, 0.3) is 26.5 Å². The molecular formula is C19H16N4O2S. The molecule has 0 fully saturated rings. The number of pyridine rings is 1. The van der Waals surface area contributed by atoms with Crippen LogP contribution in [0.4, 0.5) is 5.69 Å². The first-order valence-corrected chi connectivity index (χ1v) is 8.95. The lowest BCUT2D eigenvalue weighted by atomic mass is 10.1. The zero-order valence-corrected chi connectivity index (χ0v) is 14.9. The van der Waals surface area contributed by atoms with E-state index < -0.39 is 0 Å². The van der Waals surface area contributed by atoms with Gasteiger partial charge in [0.1, 0.15) is 4.83 Å². The second-order valence-corrected chi connectivity index (χ2v) is 6.67. The van der Waals surface area contributed by atoms with E-state index in [2.05, 4.69) is 10.1 Å². The quantitative estimate of drug-likeness (QED) is 0.439. The van der Waals surface area contributed by atoms with Gasteiger partial charge in [-0.3, -0.25) is 4.98 Å². The minimum atomic E-state index is -0.389. The molecule has 0 amide bonds. The molecule has 0 aliphatic carbocycles. The molecule has 26 heavy (non-hydrogen) atoms. The third-order valence-corrected chi connectivity index (χ3v) is 5.07. The van der Waals surface area contributed by atoms with Gasteiger partial charge in [-0.15, -0.1) is 11.3 Å². The lowest BCUT2D eigenvalue weighted by Gasteiger charge is -2.07. The predicted molar refractivity (Wildman–Crippen MR) is 102 cm³/mol. The van der Waals surface area contributed by atoms with E-state index >= 15 is 0 Å². The normalized spacial score (nSPS) is 11.0.